The number of hydrogen-bond donors (Lipinski definition) is 3. The van der Waals surface area contributed by atoms with E-state index in [0.717, 1.165) is 17.7 Å². The van der Waals surface area contributed by atoms with E-state index in [1.54, 1.807) is 4.90 Å². The van der Waals surface area contributed by atoms with Crippen molar-refractivity contribution < 1.29 is 15.0 Å². The molecule has 19 heavy (non-hydrogen) atoms. The number of aliphatic hydroxyl groups is 2. The molecule has 2 heterocycles. The molecule has 1 unspecified atom stereocenters. The van der Waals surface area contributed by atoms with Gasteiger partial charge in [0, 0.05) is 26.2 Å². The van der Waals surface area contributed by atoms with E-state index < -0.39 is 12.2 Å². The number of carbonyl (C=O) groups is 1. The minimum Gasteiger partial charge on any atom is -0.388 e. The molecule has 1 fully saturated rings. The van der Waals surface area contributed by atoms with Gasteiger partial charge >= 0.3 is 0 Å². The molecule has 2 aliphatic rings. The Hall–Kier alpha value is -1.43. The fourth-order valence-electron chi connectivity index (χ4n) is 2.89. The molecule has 3 rings (SSSR count). The minimum absolute atomic E-state index is 0.0183. The summed E-state index contributed by atoms with van der Waals surface area (Å²) in [7, 11) is 0. The molecule has 1 amide bonds. The van der Waals surface area contributed by atoms with E-state index in [-0.39, 0.29) is 24.9 Å². The van der Waals surface area contributed by atoms with Gasteiger partial charge < -0.3 is 20.4 Å². The standard InChI is InChI=1S/C14H18N2O3/c17-12-7-16(8-13(12)18)14(19)11-6-15-5-9-3-1-2-4-10(9)11/h1-4,11-13,15,17-18H,5-8H2/t11?,12-,13+. The summed E-state index contributed by atoms with van der Waals surface area (Å²) in [6.45, 7) is 1.83. The molecule has 0 spiro atoms. The quantitative estimate of drug-likeness (QED) is 0.634. The summed E-state index contributed by atoms with van der Waals surface area (Å²) in [5.41, 5.74) is 2.20. The second-order valence-electron chi connectivity index (χ2n) is 5.26. The molecule has 1 aromatic carbocycles. The second-order valence-corrected chi connectivity index (χ2v) is 5.26. The fraction of sp³-hybridized carbons (Fsp3) is 0.500. The van der Waals surface area contributed by atoms with Crippen molar-refractivity contribution in [2.24, 2.45) is 0 Å². The zero-order chi connectivity index (χ0) is 13.4. The highest BCUT2D eigenvalue weighted by Gasteiger charge is 2.37. The zero-order valence-corrected chi connectivity index (χ0v) is 10.6. The molecule has 0 saturated carbocycles. The van der Waals surface area contributed by atoms with E-state index >= 15 is 0 Å². The van der Waals surface area contributed by atoms with E-state index in [9.17, 15) is 15.0 Å². The van der Waals surface area contributed by atoms with Gasteiger partial charge in [0.1, 0.15) is 0 Å². The Bertz CT molecular complexity index is 481. The number of β-amino-alcohol motifs (C(OH)–C–C–N with tert-alkyl or cyclic N) is 2. The Labute approximate surface area is 111 Å². The van der Waals surface area contributed by atoms with Crippen LogP contribution in [0.2, 0.25) is 0 Å². The van der Waals surface area contributed by atoms with Crippen LogP contribution in [0.4, 0.5) is 0 Å². The number of carbonyl (C=O) groups excluding carboxylic acids is 1. The summed E-state index contributed by atoms with van der Waals surface area (Å²) in [6, 6.07) is 7.92. The smallest absolute Gasteiger partial charge is 0.231 e. The van der Waals surface area contributed by atoms with Crippen LogP contribution in [0.5, 0.6) is 0 Å². The molecule has 2 aliphatic heterocycles. The molecule has 1 aromatic rings. The largest absolute Gasteiger partial charge is 0.388 e. The van der Waals surface area contributed by atoms with Crippen LogP contribution >= 0.6 is 0 Å². The van der Waals surface area contributed by atoms with Gasteiger partial charge in [-0.05, 0) is 11.1 Å². The molecule has 0 bridgehead atoms. The van der Waals surface area contributed by atoms with E-state index in [4.69, 9.17) is 0 Å². The average molecular weight is 262 g/mol. The lowest BCUT2D eigenvalue weighted by atomic mass is 9.90. The third kappa shape index (κ3) is 2.25. The lowest BCUT2D eigenvalue weighted by Crippen LogP contribution is -2.41. The average Bonchev–Trinajstić information content (AvgIpc) is 2.77. The van der Waals surface area contributed by atoms with Crippen LogP contribution in [0.1, 0.15) is 17.0 Å². The molecular weight excluding hydrogens is 244 g/mol. The molecule has 3 N–H and O–H groups in total. The molecular formula is C14H18N2O3. The van der Waals surface area contributed by atoms with E-state index in [0.29, 0.717) is 6.54 Å². The molecule has 5 nitrogen and oxygen atoms in total. The van der Waals surface area contributed by atoms with Crippen molar-refractivity contribution in [2.75, 3.05) is 19.6 Å². The highest BCUT2D eigenvalue weighted by Crippen LogP contribution is 2.27. The number of likely N-dealkylation sites (tertiary alicyclic amines) is 1. The second kappa shape index (κ2) is 4.92. The van der Waals surface area contributed by atoms with Crippen LogP contribution in [0, 0.1) is 0 Å². The number of hydrogen-bond acceptors (Lipinski definition) is 4. The molecule has 0 aliphatic carbocycles. The number of benzene rings is 1. The number of aliphatic hydroxyl groups excluding tert-OH is 2. The Morgan fingerprint density at radius 2 is 1.89 bits per heavy atom. The maximum absolute atomic E-state index is 12.5. The van der Waals surface area contributed by atoms with Gasteiger partial charge in [0.25, 0.3) is 0 Å². The third-order valence-corrected chi connectivity index (χ3v) is 3.96. The van der Waals surface area contributed by atoms with E-state index in [1.165, 1.54) is 0 Å². The Morgan fingerprint density at radius 3 is 2.63 bits per heavy atom. The highest BCUT2D eigenvalue weighted by molar-refractivity contribution is 5.85. The first-order valence-corrected chi connectivity index (χ1v) is 6.60. The van der Waals surface area contributed by atoms with Gasteiger partial charge in [0.05, 0.1) is 18.1 Å². The third-order valence-electron chi connectivity index (χ3n) is 3.96. The van der Waals surface area contributed by atoms with Gasteiger partial charge in [0.2, 0.25) is 5.91 Å². The Kier molecular flexibility index (Phi) is 3.26. The van der Waals surface area contributed by atoms with Gasteiger partial charge in [-0.15, -0.1) is 0 Å². The Balaban J connectivity index is 1.82. The van der Waals surface area contributed by atoms with Crippen LogP contribution in [0.15, 0.2) is 24.3 Å². The van der Waals surface area contributed by atoms with Crippen LogP contribution in [0.25, 0.3) is 0 Å². The number of amides is 1. The first-order valence-electron chi connectivity index (χ1n) is 6.60. The summed E-state index contributed by atoms with van der Waals surface area (Å²) in [5, 5.41) is 22.3. The maximum atomic E-state index is 12.5. The number of fused-ring (bicyclic) bond motifs is 1. The van der Waals surface area contributed by atoms with Gasteiger partial charge in [0.15, 0.2) is 0 Å². The Morgan fingerprint density at radius 1 is 1.21 bits per heavy atom. The summed E-state index contributed by atoms with van der Waals surface area (Å²) in [4.78, 5) is 14.1. The summed E-state index contributed by atoms with van der Waals surface area (Å²) >= 11 is 0. The topological polar surface area (TPSA) is 72.8 Å². The molecule has 0 radical (unpaired) electrons. The summed E-state index contributed by atoms with van der Waals surface area (Å²) in [5.74, 6) is -0.238. The maximum Gasteiger partial charge on any atom is 0.231 e. The van der Waals surface area contributed by atoms with Gasteiger partial charge in [-0.1, -0.05) is 24.3 Å². The predicted molar refractivity (Wildman–Crippen MR) is 69.5 cm³/mol. The van der Waals surface area contributed by atoms with Crippen molar-refractivity contribution in [3.8, 4) is 0 Å². The summed E-state index contributed by atoms with van der Waals surface area (Å²) < 4.78 is 0. The highest BCUT2D eigenvalue weighted by atomic mass is 16.3. The van der Waals surface area contributed by atoms with Crippen molar-refractivity contribution >= 4 is 5.91 Å². The minimum atomic E-state index is -0.823. The zero-order valence-electron chi connectivity index (χ0n) is 10.6. The SMILES string of the molecule is O=C(C1CNCc2ccccc21)N1C[C@@H](O)[C@@H](O)C1. The monoisotopic (exact) mass is 262 g/mol. The normalized spacial score (nSPS) is 30.2. The molecule has 0 aromatic heterocycles. The first-order chi connectivity index (χ1) is 9.16. The van der Waals surface area contributed by atoms with Crippen molar-refractivity contribution in [3.63, 3.8) is 0 Å². The van der Waals surface area contributed by atoms with Crippen LogP contribution in [-0.2, 0) is 11.3 Å². The van der Waals surface area contributed by atoms with Crippen molar-refractivity contribution in [1.82, 2.24) is 10.2 Å². The van der Waals surface area contributed by atoms with Crippen molar-refractivity contribution in [1.29, 1.82) is 0 Å². The van der Waals surface area contributed by atoms with Crippen LogP contribution in [-0.4, -0.2) is 52.9 Å². The molecule has 5 heteroatoms. The van der Waals surface area contributed by atoms with Gasteiger partial charge in [-0.25, -0.2) is 0 Å². The fourth-order valence-corrected chi connectivity index (χ4v) is 2.89. The van der Waals surface area contributed by atoms with E-state index in [2.05, 4.69) is 5.32 Å². The molecule has 102 valence electrons. The first kappa shape index (κ1) is 12.6. The number of nitrogens with one attached hydrogen (secondary N) is 1. The van der Waals surface area contributed by atoms with Gasteiger partial charge in [-0.3, -0.25) is 4.79 Å². The van der Waals surface area contributed by atoms with Gasteiger partial charge in [-0.2, -0.15) is 0 Å². The predicted octanol–water partition coefficient (Wildman–Crippen LogP) is -0.563. The summed E-state index contributed by atoms with van der Waals surface area (Å²) in [6.07, 6.45) is -1.65. The van der Waals surface area contributed by atoms with Crippen molar-refractivity contribution in [2.45, 2.75) is 24.7 Å². The van der Waals surface area contributed by atoms with Crippen LogP contribution in [0.3, 0.4) is 0 Å². The number of nitrogens with zero attached hydrogens (tertiary/aromatic N) is 1. The lowest BCUT2D eigenvalue weighted by Gasteiger charge is -2.29. The van der Waals surface area contributed by atoms with Crippen LogP contribution < -0.4 is 5.32 Å². The lowest BCUT2D eigenvalue weighted by molar-refractivity contribution is -0.132. The molecule has 3 atom stereocenters. The van der Waals surface area contributed by atoms with E-state index in [1.807, 2.05) is 24.3 Å². The van der Waals surface area contributed by atoms with Crippen molar-refractivity contribution in [3.05, 3.63) is 35.4 Å². The number of rotatable bonds is 1. The molecule has 1 saturated heterocycles.